The predicted molar refractivity (Wildman–Crippen MR) is 162 cm³/mol. The van der Waals surface area contributed by atoms with Crippen molar-refractivity contribution in [2.45, 2.75) is 69.4 Å². The minimum absolute atomic E-state index is 0.0177. The maximum atomic E-state index is 12.9. The highest BCUT2D eigenvalue weighted by Gasteiger charge is 2.23. The quantitative estimate of drug-likeness (QED) is 0.188. The van der Waals surface area contributed by atoms with E-state index >= 15 is 0 Å². The maximum Gasteiger partial charge on any atom is 0.404 e. The van der Waals surface area contributed by atoms with E-state index in [2.05, 4.69) is 37.5 Å². The van der Waals surface area contributed by atoms with Crippen LogP contribution in [0.5, 0.6) is 0 Å². The molecule has 0 spiro atoms. The molecule has 1 aliphatic carbocycles. The van der Waals surface area contributed by atoms with E-state index in [0.717, 1.165) is 59.7 Å². The van der Waals surface area contributed by atoms with E-state index < -0.39 is 16.1 Å². The Labute approximate surface area is 249 Å². The Morgan fingerprint density at radius 2 is 1.71 bits per heavy atom. The third kappa shape index (κ3) is 6.55. The van der Waals surface area contributed by atoms with E-state index in [0.29, 0.717) is 18.1 Å². The summed E-state index contributed by atoms with van der Waals surface area (Å²) in [5.41, 5.74) is 4.20. The second kappa shape index (κ2) is 12.5. The zero-order valence-electron chi connectivity index (χ0n) is 23.3. The van der Waals surface area contributed by atoms with Crippen LogP contribution < -0.4 is 15.4 Å². The number of hydrogen-bond donors (Lipinski definition) is 4. The molecule has 1 fully saturated rings. The summed E-state index contributed by atoms with van der Waals surface area (Å²) in [6, 6.07) is 12.1. The highest BCUT2D eigenvalue weighted by molar-refractivity contribution is 7.92. The number of aromatic nitrogens is 4. The zero-order valence-corrected chi connectivity index (χ0v) is 24.8. The lowest BCUT2D eigenvalue weighted by Crippen LogP contribution is -2.39. The normalized spacial score (nSPS) is 17.1. The number of rotatable bonds is 9. The van der Waals surface area contributed by atoms with Crippen LogP contribution in [0.3, 0.4) is 0 Å². The first-order chi connectivity index (χ1) is 20.2. The molecule has 0 unspecified atom stereocenters. The van der Waals surface area contributed by atoms with Gasteiger partial charge in [-0.25, -0.2) is 23.2 Å². The summed E-state index contributed by atoms with van der Waals surface area (Å²) in [6.07, 6.45) is 5.33. The van der Waals surface area contributed by atoms with Crippen LogP contribution in [0.15, 0.2) is 53.6 Å². The van der Waals surface area contributed by atoms with Gasteiger partial charge < -0.3 is 15.7 Å². The maximum absolute atomic E-state index is 12.9. The molecular weight excluding hydrogens is 578 g/mol. The average molecular weight is 610 g/mol. The minimum Gasteiger partial charge on any atom is -0.465 e. The summed E-state index contributed by atoms with van der Waals surface area (Å²) in [4.78, 5) is 20.3. The molecule has 11 nitrogen and oxygen atoms in total. The topological polar surface area (TPSA) is 159 Å². The fraction of sp³-hybridized carbons (Fsp3) is 0.345. The molecule has 2 aromatic heterocycles. The lowest BCUT2D eigenvalue weighted by molar-refractivity contribution is 0.185. The van der Waals surface area contributed by atoms with Crippen molar-refractivity contribution in [3.8, 4) is 11.3 Å². The van der Waals surface area contributed by atoms with Crippen LogP contribution in [0, 0.1) is 0 Å². The molecule has 0 atom stereocenters. The molecule has 0 saturated heterocycles. The van der Waals surface area contributed by atoms with E-state index in [4.69, 9.17) is 21.7 Å². The van der Waals surface area contributed by atoms with Gasteiger partial charge in [0.2, 0.25) is 5.95 Å². The first-order valence-electron chi connectivity index (χ1n) is 13.9. The Kier molecular flexibility index (Phi) is 8.74. The van der Waals surface area contributed by atoms with Gasteiger partial charge >= 0.3 is 6.09 Å². The highest BCUT2D eigenvalue weighted by atomic mass is 35.5. The van der Waals surface area contributed by atoms with Gasteiger partial charge in [0, 0.05) is 29.2 Å². The number of carboxylic acid groups (broad SMARTS) is 1. The zero-order chi connectivity index (χ0) is 29.9. The van der Waals surface area contributed by atoms with E-state index in [-0.39, 0.29) is 27.8 Å². The summed E-state index contributed by atoms with van der Waals surface area (Å²) < 4.78 is 28.3. The fourth-order valence-electron chi connectivity index (χ4n) is 5.28. The SMILES string of the molecule is CCc1cc(NS(=O)(=O)c2ccccc2Cl)nnc1-c1cc(CC)c2nc(NC3CCC(NC(=O)O)CC3)ncc2c1. The molecule has 5 rings (SSSR count). The van der Waals surface area contributed by atoms with Gasteiger partial charge in [-0.2, -0.15) is 0 Å². The number of nitrogens with one attached hydrogen (secondary N) is 3. The van der Waals surface area contributed by atoms with E-state index in [9.17, 15) is 13.2 Å². The molecule has 2 heterocycles. The Balaban J connectivity index is 1.38. The standard InChI is InChI=1S/C29H32ClN7O4S/c1-3-17-13-19(14-20-16-31-28(34-26(17)20)32-21-9-11-22(12-10-21)33-29(38)39)27-18(4-2)15-25(35-36-27)37-42(40,41)24-8-6-5-7-23(24)30/h5-8,13-16,21-22,33H,3-4,9-12H2,1-2H3,(H,35,37)(H,38,39)(H,31,32,34). The highest BCUT2D eigenvalue weighted by Crippen LogP contribution is 2.31. The number of benzene rings is 2. The largest absolute Gasteiger partial charge is 0.465 e. The van der Waals surface area contributed by atoms with E-state index in [1.807, 2.05) is 19.1 Å². The number of fused-ring (bicyclic) bond motifs is 1. The summed E-state index contributed by atoms with van der Waals surface area (Å²) in [5, 5.41) is 24.5. The number of amides is 1. The van der Waals surface area contributed by atoms with Crippen LogP contribution in [-0.4, -0.2) is 51.9 Å². The monoisotopic (exact) mass is 609 g/mol. The van der Waals surface area contributed by atoms with E-state index in [1.165, 1.54) is 12.1 Å². The molecule has 0 bridgehead atoms. The third-order valence-corrected chi connectivity index (χ3v) is 9.28. The van der Waals surface area contributed by atoms with Crippen LogP contribution in [-0.2, 0) is 22.9 Å². The van der Waals surface area contributed by atoms with Crippen molar-refractivity contribution >= 4 is 50.4 Å². The van der Waals surface area contributed by atoms with Crippen LogP contribution >= 0.6 is 11.6 Å². The number of carbonyl (C=O) groups is 1. The van der Waals surface area contributed by atoms with Crippen molar-refractivity contribution in [3.63, 3.8) is 0 Å². The molecule has 4 aromatic rings. The van der Waals surface area contributed by atoms with Gasteiger partial charge in [-0.15, -0.1) is 10.2 Å². The fourth-order valence-corrected chi connectivity index (χ4v) is 6.79. The lowest BCUT2D eigenvalue weighted by atomic mass is 9.91. The number of nitrogens with zero attached hydrogens (tertiary/aromatic N) is 4. The van der Waals surface area contributed by atoms with Crippen LogP contribution in [0.4, 0.5) is 16.6 Å². The summed E-state index contributed by atoms with van der Waals surface area (Å²) in [7, 11) is -3.94. The average Bonchev–Trinajstić information content (AvgIpc) is 2.97. The molecule has 1 saturated carbocycles. The van der Waals surface area contributed by atoms with E-state index in [1.54, 1.807) is 24.4 Å². The molecule has 1 amide bonds. The van der Waals surface area contributed by atoms with Crippen LogP contribution in [0.2, 0.25) is 5.02 Å². The molecule has 4 N–H and O–H groups in total. The Hall–Kier alpha value is -4.03. The third-order valence-electron chi connectivity index (χ3n) is 7.42. The second-order valence-electron chi connectivity index (χ2n) is 10.3. The molecular formula is C29H32ClN7O4S. The molecule has 2 aromatic carbocycles. The smallest absolute Gasteiger partial charge is 0.404 e. The number of anilines is 2. The van der Waals surface area contributed by atoms with Crippen molar-refractivity contribution in [2.75, 3.05) is 10.0 Å². The number of sulfonamides is 1. The number of halogens is 1. The molecule has 220 valence electrons. The minimum atomic E-state index is -3.94. The summed E-state index contributed by atoms with van der Waals surface area (Å²) in [6.45, 7) is 4.03. The van der Waals surface area contributed by atoms with Crippen molar-refractivity contribution in [2.24, 2.45) is 0 Å². The molecule has 0 radical (unpaired) electrons. The molecule has 42 heavy (non-hydrogen) atoms. The Morgan fingerprint density at radius 3 is 2.40 bits per heavy atom. The van der Waals surface area contributed by atoms with Gasteiger partial charge in [-0.1, -0.05) is 37.6 Å². The molecule has 0 aliphatic heterocycles. The molecule has 1 aliphatic rings. The Bertz CT molecular complexity index is 1730. The van der Waals surface area contributed by atoms with Gasteiger partial charge in [0.05, 0.1) is 16.2 Å². The van der Waals surface area contributed by atoms with Crippen LogP contribution in [0.25, 0.3) is 22.2 Å². The first-order valence-corrected chi connectivity index (χ1v) is 15.7. The van der Waals surface area contributed by atoms with Crippen molar-refractivity contribution < 1.29 is 18.3 Å². The number of hydrogen-bond acceptors (Lipinski definition) is 8. The Morgan fingerprint density at radius 1 is 1.00 bits per heavy atom. The van der Waals surface area contributed by atoms with Gasteiger partial charge in [0.25, 0.3) is 10.0 Å². The van der Waals surface area contributed by atoms with Gasteiger partial charge in [0.1, 0.15) is 4.90 Å². The summed E-state index contributed by atoms with van der Waals surface area (Å²) >= 11 is 6.10. The van der Waals surface area contributed by atoms with Crippen molar-refractivity contribution in [1.29, 1.82) is 0 Å². The molecule has 13 heteroatoms. The van der Waals surface area contributed by atoms with Gasteiger partial charge in [0.15, 0.2) is 5.82 Å². The van der Waals surface area contributed by atoms with Gasteiger partial charge in [-0.05, 0) is 80.0 Å². The first kappa shape index (κ1) is 29.5. The second-order valence-corrected chi connectivity index (χ2v) is 12.3. The van der Waals surface area contributed by atoms with Crippen molar-refractivity contribution in [1.82, 2.24) is 25.5 Å². The van der Waals surface area contributed by atoms with Crippen molar-refractivity contribution in [3.05, 3.63) is 64.8 Å². The van der Waals surface area contributed by atoms with Gasteiger partial charge in [-0.3, -0.25) is 4.72 Å². The van der Waals surface area contributed by atoms with Crippen LogP contribution in [0.1, 0.15) is 50.7 Å². The number of aryl methyl sites for hydroxylation is 2. The lowest BCUT2D eigenvalue weighted by Gasteiger charge is -2.28. The predicted octanol–water partition coefficient (Wildman–Crippen LogP) is 5.66. The summed E-state index contributed by atoms with van der Waals surface area (Å²) in [5.74, 6) is 0.655.